The van der Waals surface area contributed by atoms with Crippen molar-refractivity contribution in [1.82, 2.24) is 10.2 Å². The standard InChI is InChI=1S/C12H14FN3/c1-8-3-4-10(13)12(7-8)15-9(2)11-5-6-14-16-11/h3-7,9,15H,1-2H3,(H,14,16). The van der Waals surface area contributed by atoms with Gasteiger partial charge < -0.3 is 5.32 Å². The van der Waals surface area contributed by atoms with E-state index in [1.165, 1.54) is 6.07 Å². The maximum atomic E-state index is 13.5. The molecule has 1 aromatic heterocycles. The Morgan fingerprint density at radius 3 is 2.88 bits per heavy atom. The topological polar surface area (TPSA) is 40.7 Å². The summed E-state index contributed by atoms with van der Waals surface area (Å²) in [6.07, 6.45) is 1.68. The fraction of sp³-hybridized carbons (Fsp3) is 0.250. The van der Waals surface area contributed by atoms with Crippen LogP contribution in [0.1, 0.15) is 24.2 Å². The first-order valence-electron chi connectivity index (χ1n) is 5.19. The Bertz CT molecular complexity index is 465. The van der Waals surface area contributed by atoms with Crippen LogP contribution < -0.4 is 5.32 Å². The number of nitrogens with zero attached hydrogens (tertiary/aromatic N) is 1. The van der Waals surface area contributed by atoms with Crippen LogP contribution in [0.25, 0.3) is 0 Å². The van der Waals surface area contributed by atoms with Crippen molar-refractivity contribution in [3.63, 3.8) is 0 Å². The van der Waals surface area contributed by atoms with Gasteiger partial charge in [-0.15, -0.1) is 0 Å². The van der Waals surface area contributed by atoms with Gasteiger partial charge in [0.15, 0.2) is 0 Å². The fourth-order valence-corrected chi connectivity index (χ4v) is 1.57. The van der Waals surface area contributed by atoms with Crippen molar-refractivity contribution in [2.45, 2.75) is 19.9 Å². The first-order chi connectivity index (χ1) is 7.66. The average molecular weight is 219 g/mol. The van der Waals surface area contributed by atoms with Gasteiger partial charge in [0, 0.05) is 6.20 Å². The zero-order valence-corrected chi connectivity index (χ0v) is 9.29. The number of aromatic amines is 1. The van der Waals surface area contributed by atoms with E-state index in [0.717, 1.165) is 11.3 Å². The monoisotopic (exact) mass is 219 g/mol. The van der Waals surface area contributed by atoms with Gasteiger partial charge in [-0.25, -0.2) is 4.39 Å². The van der Waals surface area contributed by atoms with Crippen molar-refractivity contribution >= 4 is 5.69 Å². The van der Waals surface area contributed by atoms with E-state index in [1.807, 2.05) is 19.9 Å². The lowest BCUT2D eigenvalue weighted by atomic mass is 10.2. The van der Waals surface area contributed by atoms with Crippen LogP contribution in [0.5, 0.6) is 0 Å². The molecule has 1 heterocycles. The largest absolute Gasteiger partial charge is 0.375 e. The SMILES string of the molecule is Cc1ccc(F)c(NC(C)c2ccn[nH]2)c1. The van der Waals surface area contributed by atoms with Crippen LogP contribution in [0.3, 0.4) is 0 Å². The third kappa shape index (κ3) is 2.21. The lowest BCUT2D eigenvalue weighted by molar-refractivity contribution is 0.626. The van der Waals surface area contributed by atoms with Crippen LogP contribution >= 0.6 is 0 Å². The average Bonchev–Trinajstić information content (AvgIpc) is 2.76. The zero-order chi connectivity index (χ0) is 11.5. The summed E-state index contributed by atoms with van der Waals surface area (Å²) in [5.74, 6) is -0.239. The Morgan fingerprint density at radius 2 is 2.19 bits per heavy atom. The van der Waals surface area contributed by atoms with Crippen LogP contribution in [-0.2, 0) is 0 Å². The second kappa shape index (κ2) is 4.35. The summed E-state index contributed by atoms with van der Waals surface area (Å²) in [6, 6.07) is 6.88. The van der Waals surface area contributed by atoms with Gasteiger partial charge >= 0.3 is 0 Å². The summed E-state index contributed by atoms with van der Waals surface area (Å²) >= 11 is 0. The number of hydrogen-bond donors (Lipinski definition) is 2. The molecule has 0 saturated carbocycles. The van der Waals surface area contributed by atoms with Crippen molar-refractivity contribution < 1.29 is 4.39 Å². The molecule has 3 nitrogen and oxygen atoms in total. The lowest BCUT2D eigenvalue weighted by Crippen LogP contribution is -2.08. The summed E-state index contributed by atoms with van der Waals surface area (Å²) in [7, 11) is 0. The Kier molecular flexibility index (Phi) is 2.90. The van der Waals surface area contributed by atoms with Crippen molar-refractivity contribution in [1.29, 1.82) is 0 Å². The molecule has 0 spiro atoms. The van der Waals surface area contributed by atoms with E-state index in [-0.39, 0.29) is 11.9 Å². The number of anilines is 1. The molecule has 0 amide bonds. The predicted octanol–water partition coefficient (Wildman–Crippen LogP) is 3.03. The number of hydrogen-bond acceptors (Lipinski definition) is 2. The van der Waals surface area contributed by atoms with Crippen LogP contribution in [0.2, 0.25) is 0 Å². The molecule has 1 atom stereocenters. The zero-order valence-electron chi connectivity index (χ0n) is 9.29. The minimum Gasteiger partial charge on any atom is -0.375 e. The van der Waals surface area contributed by atoms with Crippen LogP contribution in [0, 0.1) is 12.7 Å². The molecule has 2 N–H and O–H groups in total. The molecule has 1 unspecified atom stereocenters. The number of nitrogens with one attached hydrogen (secondary N) is 2. The van der Waals surface area contributed by atoms with Gasteiger partial charge in [0.2, 0.25) is 0 Å². The highest BCUT2D eigenvalue weighted by Gasteiger charge is 2.09. The maximum Gasteiger partial charge on any atom is 0.146 e. The first kappa shape index (κ1) is 10.7. The highest BCUT2D eigenvalue weighted by molar-refractivity contribution is 5.48. The van der Waals surface area contributed by atoms with Crippen molar-refractivity contribution in [2.24, 2.45) is 0 Å². The van der Waals surface area contributed by atoms with E-state index < -0.39 is 0 Å². The number of H-pyrrole nitrogens is 1. The van der Waals surface area contributed by atoms with Crippen LogP contribution in [-0.4, -0.2) is 10.2 Å². The summed E-state index contributed by atoms with van der Waals surface area (Å²) in [6.45, 7) is 3.89. The van der Waals surface area contributed by atoms with Gasteiger partial charge in [0.05, 0.1) is 17.4 Å². The molecule has 16 heavy (non-hydrogen) atoms. The normalized spacial score (nSPS) is 12.4. The van der Waals surface area contributed by atoms with Crippen LogP contribution in [0.15, 0.2) is 30.5 Å². The van der Waals surface area contributed by atoms with Crippen molar-refractivity contribution in [3.05, 3.63) is 47.5 Å². The van der Waals surface area contributed by atoms with Crippen LogP contribution in [0.4, 0.5) is 10.1 Å². The Balaban J connectivity index is 2.17. The molecule has 84 valence electrons. The van der Waals surface area contributed by atoms with Gasteiger partial charge in [0.25, 0.3) is 0 Å². The van der Waals surface area contributed by atoms with E-state index in [9.17, 15) is 4.39 Å². The molecule has 4 heteroatoms. The van der Waals surface area contributed by atoms with E-state index in [2.05, 4.69) is 15.5 Å². The molecule has 1 aromatic carbocycles. The first-order valence-corrected chi connectivity index (χ1v) is 5.19. The molecule has 0 aliphatic carbocycles. The molecule has 2 aromatic rings. The van der Waals surface area contributed by atoms with Crippen molar-refractivity contribution in [2.75, 3.05) is 5.32 Å². The van der Waals surface area contributed by atoms with Gasteiger partial charge in [-0.1, -0.05) is 6.07 Å². The second-order valence-electron chi connectivity index (χ2n) is 3.86. The second-order valence-corrected chi connectivity index (χ2v) is 3.86. The van der Waals surface area contributed by atoms with E-state index in [0.29, 0.717) is 5.69 Å². The fourth-order valence-electron chi connectivity index (χ4n) is 1.57. The number of aryl methyl sites for hydroxylation is 1. The predicted molar refractivity (Wildman–Crippen MR) is 61.8 cm³/mol. The summed E-state index contributed by atoms with van der Waals surface area (Å²) < 4.78 is 13.5. The van der Waals surface area contributed by atoms with E-state index in [4.69, 9.17) is 0 Å². The summed E-state index contributed by atoms with van der Waals surface area (Å²) in [4.78, 5) is 0. The van der Waals surface area contributed by atoms with Gasteiger partial charge in [-0.05, 0) is 37.6 Å². The highest BCUT2D eigenvalue weighted by Crippen LogP contribution is 2.21. The van der Waals surface area contributed by atoms with Gasteiger partial charge in [-0.2, -0.15) is 5.10 Å². The number of benzene rings is 1. The molecule has 0 radical (unpaired) electrons. The molecule has 0 fully saturated rings. The molecule has 0 aliphatic rings. The third-order valence-electron chi connectivity index (χ3n) is 2.48. The molecule has 0 saturated heterocycles. The minimum absolute atomic E-state index is 0.00111. The molecule has 0 aliphatic heterocycles. The van der Waals surface area contributed by atoms with E-state index in [1.54, 1.807) is 18.3 Å². The molecular formula is C12H14FN3. The van der Waals surface area contributed by atoms with Gasteiger partial charge in [0.1, 0.15) is 5.82 Å². The molecule has 2 rings (SSSR count). The quantitative estimate of drug-likeness (QED) is 0.833. The Morgan fingerprint density at radius 1 is 1.38 bits per heavy atom. The molecule has 0 bridgehead atoms. The minimum atomic E-state index is -0.239. The van der Waals surface area contributed by atoms with E-state index >= 15 is 0 Å². The Labute approximate surface area is 93.7 Å². The number of aromatic nitrogens is 2. The summed E-state index contributed by atoms with van der Waals surface area (Å²) in [5, 5.41) is 9.83. The summed E-state index contributed by atoms with van der Waals surface area (Å²) in [5.41, 5.74) is 2.48. The van der Waals surface area contributed by atoms with Crippen molar-refractivity contribution in [3.8, 4) is 0 Å². The lowest BCUT2D eigenvalue weighted by Gasteiger charge is -2.14. The maximum absolute atomic E-state index is 13.5. The van der Waals surface area contributed by atoms with Gasteiger partial charge in [-0.3, -0.25) is 5.10 Å². The smallest absolute Gasteiger partial charge is 0.146 e. The Hall–Kier alpha value is -1.84. The third-order valence-corrected chi connectivity index (χ3v) is 2.48. The number of rotatable bonds is 3. The highest BCUT2D eigenvalue weighted by atomic mass is 19.1. The molecular weight excluding hydrogens is 205 g/mol. The number of halogens is 1.